The Hall–Kier alpha value is -2.83. The van der Waals surface area contributed by atoms with Crippen LogP contribution in [0.4, 0.5) is 18.9 Å². The van der Waals surface area contributed by atoms with Crippen LogP contribution in [-0.4, -0.2) is 23.2 Å². The van der Waals surface area contributed by atoms with E-state index in [9.17, 15) is 22.8 Å². The van der Waals surface area contributed by atoms with Crippen molar-refractivity contribution in [2.45, 2.75) is 31.9 Å². The Morgan fingerprint density at radius 1 is 1.12 bits per heavy atom. The van der Waals surface area contributed by atoms with Crippen LogP contribution in [0.2, 0.25) is 0 Å². The highest BCUT2D eigenvalue weighted by Crippen LogP contribution is 2.24. The molecule has 1 amide bonds. The minimum Gasteiger partial charge on any atom is -0.481 e. The molecule has 138 valence electrons. The number of carboxylic acid groups (broad SMARTS) is 1. The molecule has 1 atom stereocenters. The van der Waals surface area contributed by atoms with Gasteiger partial charge in [0.05, 0.1) is 5.92 Å². The number of carboxylic acids is 1. The highest BCUT2D eigenvalue weighted by molar-refractivity contribution is 6.05. The number of hydrogen-bond acceptors (Lipinski definition) is 2. The zero-order valence-electron chi connectivity index (χ0n) is 14.0. The average Bonchev–Trinajstić information content (AvgIpc) is 2.59. The minimum atomic E-state index is -4.30. The molecule has 2 aromatic rings. The number of benzene rings is 2. The molecule has 0 fully saturated rings. The maximum Gasteiger partial charge on any atom is 0.389 e. The van der Waals surface area contributed by atoms with E-state index in [0.717, 1.165) is 0 Å². The molecule has 0 bridgehead atoms. The summed E-state index contributed by atoms with van der Waals surface area (Å²) in [5, 5.41) is 11.7. The minimum absolute atomic E-state index is 0.161. The summed E-state index contributed by atoms with van der Waals surface area (Å²) >= 11 is 0. The van der Waals surface area contributed by atoms with E-state index in [-0.39, 0.29) is 12.0 Å². The molecule has 0 heterocycles. The van der Waals surface area contributed by atoms with Crippen molar-refractivity contribution in [3.63, 3.8) is 0 Å². The van der Waals surface area contributed by atoms with Gasteiger partial charge in [-0.05, 0) is 42.7 Å². The predicted octanol–water partition coefficient (Wildman–Crippen LogP) is 4.62. The van der Waals surface area contributed by atoms with Crippen LogP contribution in [0, 0.1) is 0 Å². The first-order valence-corrected chi connectivity index (χ1v) is 7.96. The second-order valence-electron chi connectivity index (χ2n) is 5.91. The number of hydrogen-bond donors (Lipinski definition) is 2. The molecule has 2 rings (SSSR count). The van der Waals surface area contributed by atoms with Gasteiger partial charge in [-0.25, -0.2) is 0 Å². The van der Waals surface area contributed by atoms with Crippen LogP contribution in [-0.2, 0) is 11.2 Å². The van der Waals surface area contributed by atoms with E-state index in [2.05, 4.69) is 5.32 Å². The van der Waals surface area contributed by atoms with Gasteiger partial charge in [-0.15, -0.1) is 0 Å². The van der Waals surface area contributed by atoms with E-state index in [1.165, 1.54) is 25.1 Å². The van der Waals surface area contributed by atoms with Gasteiger partial charge in [0.25, 0.3) is 5.91 Å². The largest absolute Gasteiger partial charge is 0.481 e. The van der Waals surface area contributed by atoms with E-state index in [4.69, 9.17) is 5.11 Å². The molecule has 0 saturated heterocycles. The molecular formula is C19H18F3NO3. The molecule has 0 aliphatic heterocycles. The normalized spacial score (nSPS) is 12.5. The summed E-state index contributed by atoms with van der Waals surface area (Å²) < 4.78 is 37.4. The van der Waals surface area contributed by atoms with E-state index < -0.39 is 30.4 Å². The summed E-state index contributed by atoms with van der Waals surface area (Å²) in [6, 6.07) is 12.5. The zero-order valence-corrected chi connectivity index (χ0v) is 14.0. The number of anilines is 1. The summed E-state index contributed by atoms with van der Waals surface area (Å²) in [6.45, 7) is 1.52. The Balaban J connectivity index is 2.18. The Morgan fingerprint density at radius 2 is 1.81 bits per heavy atom. The maximum atomic E-state index is 12.5. The first-order chi connectivity index (χ1) is 12.2. The van der Waals surface area contributed by atoms with Crippen LogP contribution in [0.1, 0.15) is 40.7 Å². The molecular weight excluding hydrogens is 347 g/mol. The summed E-state index contributed by atoms with van der Waals surface area (Å²) in [5.74, 6) is -2.28. The van der Waals surface area contributed by atoms with Gasteiger partial charge >= 0.3 is 12.1 Å². The zero-order chi connectivity index (χ0) is 19.3. The van der Waals surface area contributed by atoms with Crippen molar-refractivity contribution in [3.8, 4) is 0 Å². The molecule has 1 unspecified atom stereocenters. The second-order valence-corrected chi connectivity index (χ2v) is 5.91. The molecule has 0 radical (unpaired) electrons. The first-order valence-electron chi connectivity index (χ1n) is 7.96. The van der Waals surface area contributed by atoms with Crippen LogP contribution in [0.25, 0.3) is 0 Å². The number of carbonyl (C=O) groups is 2. The van der Waals surface area contributed by atoms with E-state index >= 15 is 0 Å². The van der Waals surface area contributed by atoms with Crippen molar-refractivity contribution in [1.82, 2.24) is 0 Å². The van der Waals surface area contributed by atoms with Crippen molar-refractivity contribution in [2.24, 2.45) is 0 Å². The second kappa shape index (κ2) is 8.03. The Kier molecular flexibility index (Phi) is 6.02. The monoisotopic (exact) mass is 365 g/mol. The highest BCUT2D eigenvalue weighted by atomic mass is 19.4. The average molecular weight is 365 g/mol. The van der Waals surface area contributed by atoms with Crippen LogP contribution < -0.4 is 5.32 Å². The quantitative estimate of drug-likeness (QED) is 0.785. The molecule has 26 heavy (non-hydrogen) atoms. The van der Waals surface area contributed by atoms with Crippen LogP contribution in [0.3, 0.4) is 0 Å². The fourth-order valence-corrected chi connectivity index (χ4v) is 2.46. The SMILES string of the molecule is CC(C(=O)O)c1cccc(NC(=O)c2ccccc2CCC(F)(F)F)c1. The van der Waals surface area contributed by atoms with Gasteiger partial charge in [-0.2, -0.15) is 13.2 Å². The summed E-state index contributed by atoms with van der Waals surface area (Å²) in [5.41, 5.74) is 1.36. The van der Waals surface area contributed by atoms with Gasteiger partial charge in [-0.3, -0.25) is 9.59 Å². The van der Waals surface area contributed by atoms with E-state index in [0.29, 0.717) is 16.8 Å². The molecule has 4 nitrogen and oxygen atoms in total. The van der Waals surface area contributed by atoms with Gasteiger partial charge in [0.2, 0.25) is 0 Å². The van der Waals surface area contributed by atoms with Crippen LogP contribution in [0.15, 0.2) is 48.5 Å². The number of rotatable bonds is 6. The molecule has 0 aromatic heterocycles. The van der Waals surface area contributed by atoms with Crippen molar-refractivity contribution in [2.75, 3.05) is 5.32 Å². The van der Waals surface area contributed by atoms with Crippen molar-refractivity contribution in [1.29, 1.82) is 0 Å². The summed E-state index contributed by atoms with van der Waals surface area (Å²) in [7, 11) is 0. The van der Waals surface area contributed by atoms with Gasteiger partial charge < -0.3 is 10.4 Å². The third-order valence-corrected chi connectivity index (χ3v) is 3.95. The Morgan fingerprint density at radius 3 is 2.46 bits per heavy atom. The smallest absolute Gasteiger partial charge is 0.389 e. The number of alkyl halides is 3. The van der Waals surface area contributed by atoms with E-state index in [1.807, 2.05) is 0 Å². The van der Waals surface area contributed by atoms with Gasteiger partial charge in [0, 0.05) is 17.7 Å². The van der Waals surface area contributed by atoms with Crippen molar-refractivity contribution in [3.05, 3.63) is 65.2 Å². The molecule has 2 N–H and O–H groups in total. The third kappa shape index (κ3) is 5.34. The number of halogens is 3. The predicted molar refractivity (Wildman–Crippen MR) is 91.3 cm³/mol. The van der Waals surface area contributed by atoms with Crippen molar-refractivity contribution >= 4 is 17.6 Å². The van der Waals surface area contributed by atoms with Gasteiger partial charge in [0.1, 0.15) is 0 Å². The molecule has 2 aromatic carbocycles. The fraction of sp³-hybridized carbons (Fsp3) is 0.263. The van der Waals surface area contributed by atoms with Crippen molar-refractivity contribution < 1.29 is 27.9 Å². The van der Waals surface area contributed by atoms with E-state index in [1.54, 1.807) is 30.3 Å². The number of carbonyl (C=O) groups excluding carboxylic acids is 1. The number of amides is 1. The van der Waals surface area contributed by atoms with Gasteiger partial charge in [0.15, 0.2) is 0 Å². The molecule has 0 aliphatic carbocycles. The lowest BCUT2D eigenvalue weighted by Gasteiger charge is -2.13. The van der Waals surface area contributed by atoms with Gasteiger partial charge in [-0.1, -0.05) is 30.3 Å². The third-order valence-electron chi connectivity index (χ3n) is 3.95. The topological polar surface area (TPSA) is 66.4 Å². The summed E-state index contributed by atoms with van der Waals surface area (Å²) in [4.78, 5) is 23.5. The Bertz CT molecular complexity index is 803. The molecule has 0 spiro atoms. The lowest BCUT2D eigenvalue weighted by atomic mass is 10.00. The highest BCUT2D eigenvalue weighted by Gasteiger charge is 2.27. The van der Waals surface area contributed by atoms with Crippen LogP contribution in [0.5, 0.6) is 0 Å². The lowest BCUT2D eigenvalue weighted by Crippen LogP contribution is -2.16. The number of nitrogens with one attached hydrogen (secondary N) is 1. The van der Waals surface area contributed by atoms with Crippen LogP contribution >= 0.6 is 0 Å². The Labute approximate surface area is 148 Å². The molecule has 0 aliphatic rings. The summed E-state index contributed by atoms with van der Waals surface area (Å²) in [6.07, 6.45) is -5.60. The number of aliphatic carboxylic acids is 1. The number of aryl methyl sites for hydroxylation is 1. The fourth-order valence-electron chi connectivity index (χ4n) is 2.46. The first kappa shape index (κ1) is 19.5. The maximum absolute atomic E-state index is 12.5. The molecule has 7 heteroatoms. The standard InChI is InChI=1S/C19H18F3NO3/c1-12(18(25)26)14-6-4-7-15(11-14)23-17(24)16-8-3-2-5-13(16)9-10-19(20,21)22/h2-8,11-12H,9-10H2,1H3,(H,23,24)(H,25,26). The lowest BCUT2D eigenvalue weighted by molar-refractivity contribution is -0.138. The molecule has 0 saturated carbocycles.